The predicted octanol–water partition coefficient (Wildman–Crippen LogP) is 1.14. The fourth-order valence-electron chi connectivity index (χ4n) is 1.28. The topological polar surface area (TPSA) is 103 Å². The van der Waals surface area contributed by atoms with Crippen LogP contribution in [0.2, 0.25) is 0 Å². The zero-order valence-corrected chi connectivity index (χ0v) is 10.9. The van der Waals surface area contributed by atoms with Crippen molar-refractivity contribution in [1.29, 1.82) is 0 Å². The lowest BCUT2D eigenvalue weighted by atomic mass is 10.1. The van der Waals surface area contributed by atoms with Crippen LogP contribution in [-0.2, 0) is 9.05 Å². The van der Waals surface area contributed by atoms with E-state index in [1.807, 2.05) is 0 Å². The van der Waals surface area contributed by atoms with Gasteiger partial charge in [-0.05, 0) is 13.0 Å². The molecule has 2 N–H and O–H groups in total. The number of nitro groups is 1. The van der Waals surface area contributed by atoms with E-state index >= 15 is 0 Å². The maximum absolute atomic E-state index is 11.2. The molecule has 1 aromatic carbocycles. The van der Waals surface area contributed by atoms with Gasteiger partial charge in [-0.15, -0.1) is 0 Å². The first-order valence-corrected chi connectivity index (χ1v) is 7.01. The molecular formula is C10H9ClN2O4S. The molecule has 0 spiro atoms. The molecule has 1 rings (SSSR count). The van der Waals surface area contributed by atoms with Crippen molar-refractivity contribution < 1.29 is 13.3 Å². The van der Waals surface area contributed by atoms with Gasteiger partial charge in [0.1, 0.15) is 0 Å². The Hall–Kier alpha value is -1.62. The number of nitrogens with zero attached hydrogens (tertiary/aromatic N) is 1. The molecule has 0 fully saturated rings. The number of nitro benzene ring substituents is 1. The summed E-state index contributed by atoms with van der Waals surface area (Å²) in [5, 5.41) is 10.8. The van der Waals surface area contributed by atoms with E-state index in [0.717, 1.165) is 6.07 Å². The molecule has 0 unspecified atom stereocenters. The standard InChI is InChI=1S/C10H9ClN2O4S/c1-7-8(3-2-4-12)5-9(18(11,16)17)6-10(7)13(14)15/h5-6H,4,12H2,1H3. The minimum atomic E-state index is -4.05. The number of halogens is 1. The number of hydrogen-bond donors (Lipinski definition) is 1. The number of benzene rings is 1. The molecule has 0 bridgehead atoms. The van der Waals surface area contributed by atoms with Gasteiger partial charge in [0, 0.05) is 27.9 Å². The fourth-order valence-corrected chi connectivity index (χ4v) is 2.06. The van der Waals surface area contributed by atoms with Crippen molar-refractivity contribution in [1.82, 2.24) is 0 Å². The van der Waals surface area contributed by atoms with Crippen LogP contribution in [0.15, 0.2) is 17.0 Å². The van der Waals surface area contributed by atoms with Crippen LogP contribution in [0.1, 0.15) is 11.1 Å². The van der Waals surface area contributed by atoms with Gasteiger partial charge in [0.2, 0.25) is 0 Å². The quantitative estimate of drug-likeness (QED) is 0.380. The van der Waals surface area contributed by atoms with E-state index in [1.54, 1.807) is 0 Å². The second-order valence-corrected chi connectivity index (χ2v) is 5.88. The maximum atomic E-state index is 11.2. The van der Waals surface area contributed by atoms with E-state index < -0.39 is 14.0 Å². The Morgan fingerprint density at radius 3 is 2.56 bits per heavy atom. The highest BCUT2D eigenvalue weighted by Gasteiger charge is 2.20. The fraction of sp³-hybridized carbons (Fsp3) is 0.200. The Balaban J connectivity index is 3.62. The van der Waals surface area contributed by atoms with E-state index in [0.29, 0.717) is 0 Å². The zero-order valence-electron chi connectivity index (χ0n) is 9.31. The van der Waals surface area contributed by atoms with Crippen molar-refractivity contribution in [3.05, 3.63) is 33.4 Å². The third-order valence-electron chi connectivity index (χ3n) is 2.16. The third-order valence-corrected chi connectivity index (χ3v) is 3.49. The molecular weight excluding hydrogens is 280 g/mol. The van der Waals surface area contributed by atoms with E-state index in [2.05, 4.69) is 11.8 Å². The molecule has 0 radical (unpaired) electrons. The van der Waals surface area contributed by atoms with Crippen molar-refractivity contribution in [3.8, 4) is 11.8 Å². The number of rotatable bonds is 2. The number of hydrogen-bond acceptors (Lipinski definition) is 5. The van der Waals surface area contributed by atoms with Gasteiger partial charge in [-0.25, -0.2) is 8.42 Å². The summed E-state index contributed by atoms with van der Waals surface area (Å²) in [6.07, 6.45) is 0. The first-order chi connectivity index (χ1) is 8.27. The van der Waals surface area contributed by atoms with Crippen molar-refractivity contribution >= 4 is 25.4 Å². The highest BCUT2D eigenvalue weighted by atomic mass is 35.7. The van der Waals surface area contributed by atoms with Crippen molar-refractivity contribution in [3.63, 3.8) is 0 Å². The molecule has 0 aliphatic carbocycles. The average Bonchev–Trinajstić information content (AvgIpc) is 2.25. The molecule has 0 heterocycles. The normalized spacial score (nSPS) is 10.6. The molecule has 0 amide bonds. The van der Waals surface area contributed by atoms with Crippen LogP contribution in [0.25, 0.3) is 0 Å². The molecule has 1 aromatic rings. The lowest BCUT2D eigenvalue weighted by molar-refractivity contribution is -0.385. The van der Waals surface area contributed by atoms with Gasteiger partial charge >= 0.3 is 0 Å². The monoisotopic (exact) mass is 288 g/mol. The summed E-state index contributed by atoms with van der Waals surface area (Å²) < 4.78 is 22.4. The molecule has 8 heteroatoms. The minimum Gasteiger partial charge on any atom is -0.320 e. The first-order valence-electron chi connectivity index (χ1n) is 4.70. The van der Waals surface area contributed by atoms with Gasteiger partial charge in [-0.3, -0.25) is 10.1 Å². The lowest BCUT2D eigenvalue weighted by Gasteiger charge is -2.03. The Morgan fingerprint density at radius 1 is 1.50 bits per heavy atom. The van der Waals surface area contributed by atoms with E-state index in [-0.39, 0.29) is 28.3 Å². The SMILES string of the molecule is Cc1c(C#CCN)cc(S(=O)(=O)Cl)cc1[N+](=O)[O-]. The molecule has 0 aromatic heterocycles. The van der Waals surface area contributed by atoms with Gasteiger partial charge in [0.25, 0.3) is 14.7 Å². The predicted molar refractivity (Wildman–Crippen MR) is 66.8 cm³/mol. The Bertz CT molecular complexity index is 658. The second kappa shape index (κ2) is 5.35. The van der Waals surface area contributed by atoms with Crippen LogP contribution in [0.3, 0.4) is 0 Å². The van der Waals surface area contributed by atoms with Crippen LogP contribution in [0.5, 0.6) is 0 Å². The summed E-state index contributed by atoms with van der Waals surface area (Å²) in [7, 11) is 1.12. The maximum Gasteiger partial charge on any atom is 0.274 e. The minimum absolute atomic E-state index is 0.0606. The van der Waals surface area contributed by atoms with Gasteiger partial charge in [-0.2, -0.15) is 0 Å². The van der Waals surface area contributed by atoms with Gasteiger partial charge in [0.15, 0.2) is 0 Å². The molecule has 0 atom stereocenters. The van der Waals surface area contributed by atoms with Crippen molar-refractivity contribution in [2.24, 2.45) is 5.73 Å². The van der Waals surface area contributed by atoms with Crippen molar-refractivity contribution in [2.45, 2.75) is 11.8 Å². The first kappa shape index (κ1) is 14.4. The average molecular weight is 289 g/mol. The second-order valence-electron chi connectivity index (χ2n) is 3.32. The van der Waals surface area contributed by atoms with E-state index in [4.69, 9.17) is 16.4 Å². The van der Waals surface area contributed by atoms with Crippen LogP contribution < -0.4 is 5.73 Å². The molecule has 0 saturated heterocycles. The highest BCUT2D eigenvalue weighted by molar-refractivity contribution is 8.13. The summed E-state index contributed by atoms with van der Waals surface area (Å²) >= 11 is 0. The molecule has 96 valence electrons. The van der Waals surface area contributed by atoms with Crippen LogP contribution in [0.4, 0.5) is 5.69 Å². The smallest absolute Gasteiger partial charge is 0.274 e. The van der Waals surface area contributed by atoms with Gasteiger partial charge in [0.05, 0.1) is 16.4 Å². The summed E-state index contributed by atoms with van der Waals surface area (Å²) in [4.78, 5) is 9.78. The van der Waals surface area contributed by atoms with Gasteiger partial charge < -0.3 is 5.73 Å². The van der Waals surface area contributed by atoms with Crippen LogP contribution >= 0.6 is 10.7 Å². The summed E-state index contributed by atoms with van der Waals surface area (Å²) in [6, 6.07) is 2.10. The molecule has 0 aliphatic heterocycles. The molecule has 0 saturated carbocycles. The molecule has 0 aliphatic rings. The van der Waals surface area contributed by atoms with Crippen LogP contribution in [0, 0.1) is 28.9 Å². The highest BCUT2D eigenvalue weighted by Crippen LogP contribution is 2.27. The molecule has 18 heavy (non-hydrogen) atoms. The summed E-state index contributed by atoms with van der Waals surface area (Å²) in [5.74, 6) is 5.09. The third kappa shape index (κ3) is 3.20. The summed E-state index contributed by atoms with van der Waals surface area (Å²) in [5.41, 5.74) is 5.33. The Labute approximate surface area is 108 Å². The molecule has 6 nitrogen and oxygen atoms in total. The zero-order chi connectivity index (χ0) is 13.9. The van der Waals surface area contributed by atoms with Crippen LogP contribution in [-0.4, -0.2) is 19.9 Å². The summed E-state index contributed by atoms with van der Waals surface area (Å²) in [6.45, 7) is 1.54. The Kier molecular flexibility index (Phi) is 4.29. The Morgan fingerprint density at radius 2 is 2.11 bits per heavy atom. The van der Waals surface area contributed by atoms with Crippen molar-refractivity contribution in [2.75, 3.05) is 6.54 Å². The largest absolute Gasteiger partial charge is 0.320 e. The lowest BCUT2D eigenvalue weighted by Crippen LogP contribution is -2.00. The number of nitrogens with two attached hydrogens (primary N) is 1. The van der Waals surface area contributed by atoms with E-state index in [1.165, 1.54) is 13.0 Å². The van der Waals surface area contributed by atoms with E-state index in [9.17, 15) is 18.5 Å². The van der Waals surface area contributed by atoms with Gasteiger partial charge in [-0.1, -0.05) is 11.8 Å².